The first-order valence-electron chi connectivity index (χ1n) is 12.2. The topological polar surface area (TPSA) is 67.3 Å². The van der Waals surface area contributed by atoms with Crippen molar-refractivity contribution >= 4 is 32.6 Å². The molecule has 0 fully saturated rings. The molecule has 5 heteroatoms. The Morgan fingerprint density at radius 2 is 1.08 bits per heavy atom. The van der Waals surface area contributed by atoms with E-state index in [2.05, 4.69) is 101 Å². The van der Waals surface area contributed by atoms with Crippen LogP contribution in [-0.4, -0.2) is 25.4 Å². The van der Waals surface area contributed by atoms with Crippen LogP contribution in [0.2, 0.25) is 0 Å². The summed E-state index contributed by atoms with van der Waals surface area (Å²) in [6.45, 7) is 4.16. The molecule has 0 unspecified atom stereocenters. The van der Waals surface area contributed by atoms with Crippen molar-refractivity contribution in [3.63, 3.8) is 0 Å². The van der Waals surface area contributed by atoms with E-state index in [1.165, 1.54) is 32.7 Å². The third kappa shape index (κ3) is 4.55. The SMILES string of the molecule is Cc1cc(-c2nccc3ccccc23)cc(-c2nccc3ccccc23)c1.Cc1ccc2n[nH]nc2c1. The molecule has 0 aliphatic rings. The quantitative estimate of drug-likeness (QED) is 0.276. The molecule has 4 aromatic carbocycles. The Hall–Kier alpha value is -4.90. The van der Waals surface area contributed by atoms with Gasteiger partial charge in [-0.15, -0.1) is 0 Å². The van der Waals surface area contributed by atoms with Gasteiger partial charge in [0.25, 0.3) is 0 Å². The lowest BCUT2D eigenvalue weighted by atomic mass is 9.97. The number of aromatic nitrogens is 5. The molecule has 0 aliphatic heterocycles. The van der Waals surface area contributed by atoms with Crippen LogP contribution < -0.4 is 0 Å². The zero-order valence-electron chi connectivity index (χ0n) is 20.7. The van der Waals surface area contributed by atoms with E-state index in [1.54, 1.807) is 0 Å². The fourth-order valence-corrected chi connectivity index (χ4v) is 4.71. The minimum absolute atomic E-state index is 0.922. The maximum Gasteiger partial charge on any atom is 0.113 e. The van der Waals surface area contributed by atoms with Gasteiger partial charge in [-0.1, -0.05) is 54.6 Å². The van der Waals surface area contributed by atoms with Crippen molar-refractivity contribution in [1.82, 2.24) is 25.4 Å². The molecule has 3 aromatic heterocycles. The van der Waals surface area contributed by atoms with Gasteiger partial charge in [-0.05, 0) is 78.2 Å². The molecular formula is C32H25N5. The van der Waals surface area contributed by atoms with E-state index >= 15 is 0 Å². The van der Waals surface area contributed by atoms with Crippen LogP contribution in [0.25, 0.3) is 55.1 Å². The number of nitrogens with one attached hydrogen (secondary N) is 1. The molecule has 0 amide bonds. The summed E-state index contributed by atoms with van der Waals surface area (Å²) >= 11 is 0. The van der Waals surface area contributed by atoms with Crippen molar-refractivity contribution in [3.8, 4) is 22.5 Å². The van der Waals surface area contributed by atoms with E-state index in [4.69, 9.17) is 9.97 Å². The van der Waals surface area contributed by atoms with Gasteiger partial charge in [-0.25, -0.2) is 0 Å². The highest BCUT2D eigenvalue weighted by atomic mass is 15.3. The molecule has 37 heavy (non-hydrogen) atoms. The lowest BCUT2D eigenvalue weighted by Crippen LogP contribution is -1.91. The first-order valence-corrected chi connectivity index (χ1v) is 12.2. The number of fused-ring (bicyclic) bond motifs is 3. The highest BCUT2D eigenvalue weighted by molar-refractivity contribution is 5.98. The molecule has 5 nitrogen and oxygen atoms in total. The summed E-state index contributed by atoms with van der Waals surface area (Å²) in [5.74, 6) is 0. The number of benzene rings is 4. The number of pyridine rings is 2. The third-order valence-electron chi connectivity index (χ3n) is 6.44. The van der Waals surface area contributed by atoms with Crippen LogP contribution in [0, 0.1) is 13.8 Å². The normalized spacial score (nSPS) is 11.0. The van der Waals surface area contributed by atoms with Crippen molar-refractivity contribution in [1.29, 1.82) is 0 Å². The third-order valence-corrected chi connectivity index (χ3v) is 6.44. The van der Waals surface area contributed by atoms with Crippen LogP contribution in [0.4, 0.5) is 0 Å². The summed E-state index contributed by atoms with van der Waals surface area (Å²) in [7, 11) is 0. The molecule has 1 N–H and O–H groups in total. The average Bonchev–Trinajstić information content (AvgIpc) is 3.40. The zero-order valence-corrected chi connectivity index (χ0v) is 20.7. The fraction of sp³-hybridized carbons (Fsp3) is 0.0625. The molecule has 0 bridgehead atoms. The maximum absolute atomic E-state index is 4.69. The summed E-state index contributed by atoms with van der Waals surface area (Å²) in [4.78, 5) is 9.39. The second-order valence-electron chi connectivity index (χ2n) is 9.16. The zero-order chi connectivity index (χ0) is 25.2. The van der Waals surface area contributed by atoms with Gasteiger partial charge in [-0.3, -0.25) is 9.97 Å². The smallest absolute Gasteiger partial charge is 0.113 e. The Balaban J connectivity index is 0.000000210. The van der Waals surface area contributed by atoms with Crippen molar-refractivity contribution in [3.05, 3.63) is 121 Å². The molecule has 3 heterocycles. The number of hydrogen-bond acceptors (Lipinski definition) is 4. The van der Waals surface area contributed by atoms with Crippen LogP contribution in [0.5, 0.6) is 0 Å². The van der Waals surface area contributed by atoms with Gasteiger partial charge in [0.2, 0.25) is 0 Å². The van der Waals surface area contributed by atoms with E-state index in [-0.39, 0.29) is 0 Å². The number of hydrogen-bond donors (Lipinski definition) is 1. The van der Waals surface area contributed by atoms with Crippen molar-refractivity contribution in [2.24, 2.45) is 0 Å². The highest BCUT2D eigenvalue weighted by Gasteiger charge is 2.11. The van der Waals surface area contributed by atoms with Gasteiger partial charge < -0.3 is 0 Å². The Morgan fingerprint density at radius 1 is 0.514 bits per heavy atom. The molecule has 0 spiro atoms. The van der Waals surface area contributed by atoms with Gasteiger partial charge >= 0.3 is 0 Å². The van der Waals surface area contributed by atoms with Crippen LogP contribution in [0.15, 0.2) is 109 Å². The van der Waals surface area contributed by atoms with Crippen LogP contribution in [-0.2, 0) is 0 Å². The van der Waals surface area contributed by atoms with Crippen LogP contribution in [0.1, 0.15) is 11.1 Å². The minimum atomic E-state index is 0.922. The Labute approximate surface area is 214 Å². The number of aryl methyl sites for hydroxylation is 2. The summed E-state index contributed by atoms with van der Waals surface area (Å²) in [6, 6.07) is 33.5. The Morgan fingerprint density at radius 3 is 1.70 bits per heavy atom. The maximum atomic E-state index is 4.69. The number of nitrogens with zero attached hydrogens (tertiary/aromatic N) is 4. The van der Waals surface area contributed by atoms with Crippen molar-refractivity contribution in [2.75, 3.05) is 0 Å². The van der Waals surface area contributed by atoms with Crippen LogP contribution >= 0.6 is 0 Å². The van der Waals surface area contributed by atoms with Crippen molar-refractivity contribution < 1.29 is 0 Å². The van der Waals surface area contributed by atoms with Gasteiger partial charge in [0.15, 0.2) is 0 Å². The standard InChI is InChI=1S/C25H18N2.C7H7N3/c1-17-14-20(24-22-8-4-2-6-18(22)10-12-26-24)16-21(15-17)25-23-9-5-3-7-19(23)11-13-27-25;1-5-2-3-6-7(4-5)9-10-8-6/h2-16H,1H3;2-4H,1H3,(H,8,9,10). The van der Waals surface area contributed by atoms with Crippen molar-refractivity contribution in [2.45, 2.75) is 13.8 Å². The van der Waals surface area contributed by atoms with E-state index in [0.29, 0.717) is 0 Å². The predicted molar refractivity (Wildman–Crippen MR) is 151 cm³/mol. The van der Waals surface area contributed by atoms with E-state index in [0.717, 1.165) is 33.5 Å². The largest absolute Gasteiger partial charge is 0.256 e. The molecule has 178 valence electrons. The molecule has 0 radical (unpaired) electrons. The molecule has 0 saturated carbocycles. The summed E-state index contributed by atoms with van der Waals surface area (Å²) < 4.78 is 0. The molecule has 0 aliphatic carbocycles. The Bertz CT molecular complexity index is 1760. The fourth-order valence-electron chi connectivity index (χ4n) is 4.71. The second kappa shape index (κ2) is 9.63. The lowest BCUT2D eigenvalue weighted by Gasteiger charge is -2.11. The average molecular weight is 480 g/mol. The molecule has 0 atom stereocenters. The van der Waals surface area contributed by atoms with E-state index in [1.807, 2.05) is 37.5 Å². The second-order valence-corrected chi connectivity index (χ2v) is 9.16. The van der Waals surface area contributed by atoms with Crippen LogP contribution in [0.3, 0.4) is 0 Å². The number of aromatic amines is 1. The first kappa shape index (κ1) is 22.6. The first-order chi connectivity index (χ1) is 18.2. The molecule has 7 rings (SSSR count). The minimum Gasteiger partial charge on any atom is -0.256 e. The van der Waals surface area contributed by atoms with Gasteiger partial charge in [0, 0.05) is 34.3 Å². The van der Waals surface area contributed by atoms with E-state index < -0.39 is 0 Å². The summed E-state index contributed by atoms with van der Waals surface area (Å²) in [5, 5.41) is 15.2. The highest BCUT2D eigenvalue weighted by Crippen LogP contribution is 2.33. The van der Waals surface area contributed by atoms with E-state index in [9.17, 15) is 0 Å². The predicted octanol–water partition coefficient (Wildman–Crippen LogP) is 7.69. The summed E-state index contributed by atoms with van der Waals surface area (Å²) in [6.07, 6.45) is 3.77. The molecule has 0 saturated heterocycles. The van der Waals surface area contributed by atoms with Gasteiger partial charge in [0.1, 0.15) is 11.0 Å². The molecule has 7 aromatic rings. The summed E-state index contributed by atoms with van der Waals surface area (Å²) in [5.41, 5.74) is 8.53. The number of H-pyrrole nitrogens is 1. The van der Waals surface area contributed by atoms with Gasteiger partial charge in [-0.2, -0.15) is 15.4 Å². The van der Waals surface area contributed by atoms with Gasteiger partial charge in [0.05, 0.1) is 11.4 Å². The Kier molecular flexibility index (Phi) is 5.87. The number of rotatable bonds is 2. The monoisotopic (exact) mass is 479 g/mol. The lowest BCUT2D eigenvalue weighted by molar-refractivity contribution is 0.959. The molecular weight excluding hydrogens is 454 g/mol.